The Morgan fingerprint density at radius 3 is 3.06 bits per heavy atom. The van der Waals surface area contributed by atoms with Crippen LogP contribution in [0.25, 0.3) is 0 Å². The molecule has 1 aliphatic rings. The first kappa shape index (κ1) is 13.1. The second-order valence-corrected chi connectivity index (χ2v) is 4.78. The quantitative estimate of drug-likeness (QED) is 0.837. The zero-order valence-electron chi connectivity index (χ0n) is 10.9. The Balaban J connectivity index is 2.03. The molecule has 1 saturated heterocycles. The highest BCUT2D eigenvalue weighted by atomic mass is 19.1. The van der Waals surface area contributed by atoms with Crippen molar-refractivity contribution in [2.45, 2.75) is 32.3 Å². The van der Waals surface area contributed by atoms with Gasteiger partial charge in [0, 0.05) is 19.7 Å². The van der Waals surface area contributed by atoms with E-state index < -0.39 is 0 Å². The summed E-state index contributed by atoms with van der Waals surface area (Å²) in [6.45, 7) is 4.72. The lowest BCUT2D eigenvalue weighted by atomic mass is 10.1. The number of nitrogens with zero attached hydrogens (tertiary/aromatic N) is 1. The molecule has 1 aliphatic heterocycles. The topological polar surface area (TPSA) is 38.5 Å². The summed E-state index contributed by atoms with van der Waals surface area (Å²) >= 11 is 0. The van der Waals surface area contributed by atoms with Gasteiger partial charge in [-0.15, -0.1) is 0 Å². The van der Waals surface area contributed by atoms with Gasteiger partial charge in [-0.05, 0) is 37.5 Å². The van der Waals surface area contributed by atoms with Gasteiger partial charge in [-0.1, -0.05) is 6.92 Å². The van der Waals surface area contributed by atoms with Crippen LogP contribution < -0.4 is 10.6 Å². The molecule has 1 aromatic carbocycles. The summed E-state index contributed by atoms with van der Waals surface area (Å²) in [7, 11) is 0. The average Bonchev–Trinajstić information content (AvgIpc) is 2.36. The molecule has 0 radical (unpaired) electrons. The number of rotatable bonds is 4. The van der Waals surface area contributed by atoms with Gasteiger partial charge < -0.3 is 15.4 Å². The summed E-state index contributed by atoms with van der Waals surface area (Å²) in [5, 5.41) is 0. The number of hydrogen-bond donors (Lipinski definition) is 1. The van der Waals surface area contributed by atoms with Crippen molar-refractivity contribution in [3.63, 3.8) is 0 Å². The second kappa shape index (κ2) is 6.05. The minimum absolute atomic E-state index is 0.267. The van der Waals surface area contributed by atoms with Crippen molar-refractivity contribution >= 4 is 11.4 Å². The Morgan fingerprint density at radius 2 is 2.33 bits per heavy atom. The van der Waals surface area contributed by atoms with Crippen molar-refractivity contribution in [1.82, 2.24) is 0 Å². The van der Waals surface area contributed by atoms with Crippen LogP contribution in [0.3, 0.4) is 0 Å². The average molecular weight is 252 g/mol. The molecule has 0 aromatic heterocycles. The number of benzene rings is 1. The Kier molecular flexibility index (Phi) is 4.42. The highest BCUT2D eigenvalue weighted by Crippen LogP contribution is 2.27. The minimum atomic E-state index is -0.285. The molecule has 0 spiro atoms. The maximum Gasteiger partial charge on any atom is 0.125 e. The third-order valence-corrected chi connectivity index (χ3v) is 3.27. The van der Waals surface area contributed by atoms with Gasteiger partial charge >= 0.3 is 0 Å². The number of hydrogen-bond acceptors (Lipinski definition) is 3. The Bertz CT molecular complexity index is 397. The molecule has 1 unspecified atom stereocenters. The summed E-state index contributed by atoms with van der Waals surface area (Å²) in [6.07, 6.45) is 3.49. The molecule has 100 valence electrons. The van der Waals surface area contributed by atoms with E-state index in [1.54, 1.807) is 6.07 Å². The molecule has 1 fully saturated rings. The highest BCUT2D eigenvalue weighted by Gasteiger charge is 2.21. The van der Waals surface area contributed by atoms with Gasteiger partial charge in [0.2, 0.25) is 0 Å². The lowest BCUT2D eigenvalue weighted by molar-refractivity contribution is 0.0441. The van der Waals surface area contributed by atoms with E-state index >= 15 is 0 Å². The SMILES string of the molecule is CCCOC1CCCN(c2ccc(F)cc2N)C1. The second-order valence-electron chi connectivity index (χ2n) is 4.78. The lowest BCUT2D eigenvalue weighted by Crippen LogP contribution is -2.40. The lowest BCUT2D eigenvalue weighted by Gasteiger charge is -2.34. The number of ether oxygens (including phenoxy) is 1. The van der Waals surface area contributed by atoms with Crippen molar-refractivity contribution in [2.24, 2.45) is 0 Å². The van der Waals surface area contributed by atoms with Crippen molar-refractivity contribution in [3.8, 4) is 0 Å². The third kappa shape index (κ3) is 3.13. The number of nitrogens with two attached hydrogens (primary N) is 1. The molecule has 0 amide bonds. The van der Waals surface area contributed by atoms with Gasteiger partial charge in [0.15, 0.2) is 0 Å². The first-order valence-electron chi connectivity index (χ1n) is 6.62. The number of halogens is 1. The largest absolute Gasteiger partial charge is 0.397 e. The normalized spacial score (nSPS) is 20.1. The molecule has 4 heteroatoms. The Morgan fingerprint density at radius 1 is 1.50 bits per heavy atom. The van der Waals surface area contributed by atoms with Crippen LogP contribution in [0.4, 0.5) is 15.8 Å². The van der Waals surface area contributed by atoms with Crippen LogP contribution in [0, 0.1) is 5.82 Å². The molecule has 2 rings (SSSR count). The molecule has 18 heavy (non-hydrogen) atoms. The molecule has 0 aliphatic carbocycles. The predicted molar refractivity (Wildman–Crippen MR) is 72.3 cm³/mol. The molecular weight excluding hydrogens is 231 g/mol. The maximum atomic E-state index is 13.0. The number of nitrogen functional groups attached to an aromatic ring is 1. The van der Waals surface area contributed by atoms with E-state index in [9.17, 15) is 4.39 Å². The van der Waals surface area contributed by atoms with Gasteiger partial charge in [0.05, 0.1) is 17.5 Å². The Hall–Kier alpha value is -1.29. The van der Waals surface area contributed by atoms with Crippen LogP contribution in [-0.2, 0) is 4.74 Å². The smallest absolute Gasteiger partial charge is 0.125 e. The van der Waals surface area contributed by atoms with Crippen LogP contribution in [0.2, 0.25) is 0 Å². The standard InChI is InChI=1S/C14H21FN2O/c1-2-8-18-12-4-3-7-17(10-12)14-6-5-11(15)9-13(14)16/h5-6,9,12H,2-4,7-8,10,16H2,1H3. The van der Waals surface area contributed by atoms with Crippen molar-refractivity contribution in [3.05, 3.63) is 24.0 Å². The third-order valence-electron chi connectivity index (χ3n) is 3.27. The summed E-state index contributed by atoms with van der Waals surface area (Å²) < 4.78 is 18.8. The van der Waals surface area contributed by atoms with Gasteiger partial charge in [0.1, 0.15) is 5.82 Å². The zero-order chi connectivity index (χ0) is 13.0. The summed E-state index contributed by atoms with van der Waals surface area (Å²) in [6, 6.07) is 4.60. The fourth-order valence-corrected chi connectivity index (χ4v) is 2.39. The van der Waals surface area contributed by atoms with Crippen LogP contribution in [0.1, 0.15) is 26.2 Å². The van der Waals surface area contributed by atoms with Gasteiger partial charge in [-0.25, -0.2) is 4.39 Å². The van der Waals surface area contributed by atoms with E-state index in [0.29, 0.717) is 5.69 Å². The first-order chi connectivity index (χ1) is 8.70. The van der Waals surface area contributed by atoms with E-state index in [1.165, 1.54) is 12.1 Å². The monoisotopic (exact) mass is 252 g/mol. The molecule has 1 atom stereocenters. The molecular formula is C14H21FN2O. The van der Waals surface area contributed by atoms with Crippen LogP contribution in [0.15, 0.2) is 18.2 Å². The molecule has 1 heterocycles. The van der Waals surface area contributed by atoms with Crippen molar-refractivity contribution in [1.29, 1.82) is 0 Å². The number of anilines is 2. The predicted octanol–water partition coefficient (Wildman–Crippen LogP) is 2.80. The van der Waals surface area contributed by atoms with Crippen LogP contribution >= 0.6 is 0 Å². The fraction of sp³-hybridized carbons (Fsp3) is 0.571. The fourth-order valence-electron chi connectivity index (χ4n) is 2.39. The molecule has 1 aromatic rings. The summed E-state index contributed by atoms with van der Waals surface area (Å²) in [5.41, 5.74) is 7.30. The molecule has 2 N–H and O–H groups in total. The molecule has 0 saturated carbocycles. The van der Waals surface area contributed by atoms with E-state index in [0.717, 1.165) is 44.6 Å². The van der Waals surface area contributed by atoms with Crippen molar-refractivity contribution in [2.75, 3.05) is 30.3 Å². The minimum Gasteiger partial charge on any atom is -0.397 e. The van der Waals surface area contributed by atoms with Gasteiger partial charge in [-0.3, -0.25) is 0 Å². The summed E-state index contributed by atoms with van der Waals surface area (Å²) in [5.74, 6) is -0.285. The van der Waals surface area contributed by atoms with E-state index in [2.05, 4.69) is 11.8 Å². The number of piperidine rings is 1. The van der Waals surface area contributed by atoms with E-state index in [1.807, 2.05) is 0 Å². The Labute approximate surface area is 108 Å². The van der Waals surface area contributed by atoms with Gasteiger partial charge in [-0.2, -0.15) is 0 Å². The van der Waals surface area contributed by atoms with Crippen LogP contribution in [0.5, 0.6) is 0 Å². The van der Waals surface area contributed by atoms with Crippen molar-refractivity contribution < 1.29 is 9.13 Å². The maximum absolute atomic E-state index is 13.0. The van der Waals surface area contributed by atoms with E-state index in [4.69, 9.17) is 10.5 Å². The molecule has 0 bridgehead atoms. The summed E-state index contributed by atoms with van der Waals surface area (Å²) in [4.78, 5) is 2.19. The first-order valence-corrected chi connectivity index (χ1v) is 6.62. The van der Waals surface area contributed by atoms with Crippen LogP contribution in [-0.4, -0.2) is 25.8 Å². The highest BCUT2D eigenvalue weighted by molar-refractivity contribution is 5.67. The van der Waals surface area contributed by atoms with E-state index in [-0.39, 0.29) is 11.9 Å². The molecule has 3 nitrogen and oxygen atoms in total. The van der Waals surface area contributed by atoms with Gasteiger partial charge in [0.25, 0.3) is 0 Å². The zero-order valence-corrected chi connectivity index (χ0v) is 10.9.